The molecule has 1 unspecified atom stereocenters. The molecule has 0 amide bonds. The predicted molar refractivity (Wildman–Crippen MR) is 57.3 cm³/mol. The molecule has 5 heteroatoms. The first-order valence-corrected chi connectivity index (χ1v) is 5.77. The number of H-pyrrole nitrogens is 1. The highest BCUT2D eigenvalue weighted by Gasteiger charge is 2.18. The molecule has 2 heterocycles. The number of hydrogen-bond donors (Lipinski definition) is 2. The molecule has 14 heavy (non-hydrogen) atoms. The summed E-state index contributed by atoms with van der Waals surface area (Å²) in [4.78, 5) is 18.8. The summed E-state index contributed by atoms with van der Waals surface area (Å²) in [7, 11) is 0. The zero-order valence-corrected chi connectivity index (χ0v) is 8.86. The van der Waals surface area contributed by atoms with Crippen LogP contribution >= 0.6 is 11.8 Å². The second-order valence-electron chi connectivity index (χ2n) is 3.51. The van der Waals surface area contributed by atoms with Gasteiger partial charge in [-0.25, -0.2) is 4.98 Å². The highest BCUT2D eigenvalue weighted by molar-refractivity contribution is 7.98. The van der Waals surface area contributed by atoms with Gasteiger partial charge in [-0.05, 0) is 0 Å². The lowest BCUT2D eigenvalue weighted by Crippen LogP contribution is -2.21. The molecule has 0 bridgehead atoms. The zero-order chi connectivity index (χ0) is 10.1. The van der Waals surface area contributed by atoms with Gasteiger partial charge in [0.05, 0.1) is 5.69 Å². The van der Waals surface area contributed by atoms with Crippen LogP contribution in [-0.2, 0) is 11.5 Å². The summed E-state index contributed by atoms with van der Waals surface area (Å²) < 4.78 is 0. The first kappa shape index (κ1) is 9.73. The molecule has 3 N–H and O–H groups in total. The van der Waals surface area contributed by atoms with Gasteiger partial charge in [-0.1, -0.05) is 6.92 Å². The van der Waals surface area contributed by atoms with E-state index in [0.29, 0.717) is 6.54 Å². The molecule has 0 radical (unpaired) electrons. The summed E-state index contributed by atoms with van der Waals surface area (Å²) in [5, 5.41) is 0. The topological polar surface area (TPSA) is 71.8 Å². The number of nitrogens with zero attached hydrogens (tertiary/aromatic N) is 1. The van der Waals surface area contributed by atoms with E-state index in [4.69, 9.17) is 5.73 Å². The van der Waals surface area contributed by atoms with E-state index in [0.717, 1.165) is 28.6 Å². The second kappa shape index (κ2) is 3.74. The Morgan fingerprint density at radius 1 is 1.64 bits per heavy atom. The smallest absolute Gasteiger partial charge is 0.255 e. The standard InChI is InChI=1S/C9H13N3OS/c1-5(2-10)8-11-7-4-14-3-6(7)9(13)12-8/h5H,2-4,10H2,1H3,(H,11,12,13). The van der Waals surface area contributed by atoms with Gasteiger partial charge in [0.15, 0.2) is 0 Å². The molecule has 1 aromatic rings. The zero-order valence-electron chi connectivity index (χ0n) is 8.04. The van der Waals surface area contributed by atoms with Crippen molar-refractivity contribution in [2.24, 2.45) is 5.73 Å². The van der Waals surface area contributed by atoms with Crippen LogP contribution in [0.5, 0.6) is 0 Å². The molecule has 1 aliphatic heterocycles. The fourth-order valence-electron chi connectivity index (χ4n) is 1.43. The first-order valence-electron chi connectivity index (χ1n) is 4.62. The molecular formula is C9H13N3OS. The van der Waals surface area contributed by atoms with Crippen molar-refractivity contribution < 1.29 is 0 Å². The fourth-order valence-corrected chi connectivity index (χ4v) is 2.46. The maximum absolute atomic E-state index is 11.6. The molecule has 0 saturated heterocycles. The van der Waals surface area contributed by atoms with Crippen LogP contribution in [0, 0.1) is 0 Å². The third-order valence-electron chi connectivity index (χ3n) is 2.42. The molecule has 0 saturated carbocycles. The van der Waals surface area contributed by atoms with E-state index in [-0.39, 0.29) is 11.5 Å². The van der Waals surface area contributed by atoms with E-state index in [9.17, 15) is 4.79 Å². The van der Waals surface area contributed by atoms with Crippen molar-refractivity contribution in [2.45, 2.75) is 24.3 Å². The van der Waals surface area contributed by atoms with Gasteiger partial charge in [-0.3, -0.25) is 4.79 Å². The van der Waals surface area contributed by atoms with E-state index in [1.807, 2.05) is 6.92 Å². The van der Waals surface area contributed by atoms with Crippen molar-refractivity contribution in [2.75, 3.05) is 6.54 Å². The lowest BCUT2D eigenvalue weighted by Gasteiger charge is -2.08. The summed E-state index contributed by atoms with van der Waals surface area (Å²) in [6, 6.07) is 0. The number of aromatic nitrogens is 2. The highest BCUT2D eigenvalue weighted by Crippen LogP contribution is 2.25. The Morgan fingerprint density at radius 3 is 3.14 bits per heavy atom. The minimum Gasteiger partial charge on any atom is -0.330 e. The summed E-state index contributed by atoms with van der Waals surface area (Å²) in [5.41, 5.74) is 7.32. The van der Waals surface area contributed by atoms with Gasteiger partial charge in [0, 0.05) is 29.5 Å². The monoisotopic (exact) mass is 211 g/mol. The largest absolute Gasteiger partial charge is 0.330 e. The van der Waals surface area contributed by atoms with Crippen LogP contribution in [0.2, 0.25) is 0 Å². The lowest BCUT2D eigenvalue weighted by atomic mass is 10.1. The first-order chi connectivity index (χ1) is 6.72. The predicted octanol–water partition coefficient (Wildman–Crippen LogP) is 0.579. The van der Waals surface area contributed by atoms with Crippen molar-refractivity contribution >= 4 is 11.8 Å². The quantitative estimate of drug-likeness (QED) is 0.750. The van der Waals surface area contributed by atoms with Gasteiger partial charge in [-0.2, -0.15) is 11.8 Å². The SMILES string of the molecule is CC(CN)c1nc2c(c(=O)[nH]1)CSC2. The molecule has 1 aromatic heterocycles. The van der Waals surface area contributed by atoms with Crippen molar-refractivity contribution in [3.05, 3.63) is 27.4 Å². The Morgan fingerprint density at radius 2 is 2.43 bits per heavy atom. The molecule has 1 atom stereocenters. The van der Waals surface area contributed by atoms with Gasteiger partial charge >= 0.3 is 0 Å². The molecule has 2 rings (SSSR count). The van der Waals surface area contributed by atoms with Gasteiger partial charge < -0.3 is 10.7 Å². The second-order valence-corrected chi connectivity index (χ2v) is 4.49. The van der Waals surface area contributed by atoms with E-state index in [1.165, 1.54) is 0 Å². The molecule has 76 valence electrons. The van der Waals surface area contributed by atoms with Crippen molar-refractivity contribution in [3.63, 3.8) is 0 Å². The number of rotatable bonds is 2. The molecular weight excluding hydrogens is 198 g/mol. The van der Waals surface area contributed by atoms with Crippen molar-refractivity contribution in [1.82, 2.24) is 9.97 Å². The number of thioether (sulfide) groups is 1. The number of fused-ring (bicyclic) bond motifs is 1. The third kappa shape index (κ3) is 1.57. The normalized spacial score (nSPS) is 16.7. The average molecular weight is 211 g/mol. The van der Waals surface area contributed by atoms with Gasteiger partial charge in [0.1, 0.15) is 5.82 Å². The Kier molecular flexibility index (Phi) is 2.60. The summed E-state index contributed by atoms with van der Waals surface area (Å²) >= 11 is 1.73. The highest BCUT2D eigenvalue weighted by atomic mass is 32.2. The van der Waals surface area contributed by atoms with Crippen LogP contribution in [0.4, 0.5) is 0 Å². The number of hydrogen-bond acceptors (Lipinski definition) is 4. The van der Waals surface area contributed by atoms with Crippen LogP contribution in [0.25, 0.3) is 0 Å². The number of nitrogens with two attached hydrogens (primary N) is 1. The minimum absolute atomic E-state index is 0.00954. The maximum Gasteiger partial charge on any atom is 0.255 e. The van der Waals surface area contributed by atoms with Crippen LogP contribution < -0.4 is 11.3 Å². The molecule has 0 aliphatic carbocycles. The number of nitrogens with one attached hydrogen (secondary N) is 1. The summed E-state index contributed by atoms with van der Waals surface area (Å²) in [6.07, 6.45) is 0. The number of aromatic amines is 1. The molecule has 4 nitrogen and oxygen atoms in total. The lowest BCUT2D eigenvalue weighted by molar-refractivity contribution is 0.698. The summed E-state index contributed by atoms with van der Waals surface area (Å²) in [5.74, 6) is 2.48. The Bertz CT molecular complexity index is 402. The van der Waals surface area contributed by atoms with Gasteiger partial charge in [-0.15, -0.1) is 0 Å². The molecule has 0 aromatic carbocycles. The summed E-state index contributed by atoms with van der Waals surface area (Å²) in [6.45, 7) is 2.47. The van der Waals surface area contributed by atoms with Crippen LogP contribution in [0.1, 0.15) is 29.9 Å². The van der Waals surface area contributed by atoms with Crippen molar-refractivity contribution in [3.8, 4) is 0 Å². The average Bonchev–Trinajstić information content (AvgIpc) is 2.64. The fraction of sp³-hybridized carbons (Fsp3) is 0.556. The Hall–Kier alpha value is -0.810. The third-order valence-corrected chi connectivity index (χ3v) is 3.40. The van der Waals surface area contributed by atoms with Crippen molar-refractivity contribution in [1.29, 1.82) is 0 Å². The molecule has 1 aliphatic rings. The van der Waals surface area contributed by atoms with E-state index in [2.05, 4.69) is 9.97 Å². The van der Waals surface area contributed by atoms with Gasteiger partial charge in [0.25, 0.3) is 5.56 Å². The van der Waals surface area contributed by atoms with E-state index < -0.39 is 0 Å². The minimum atomic E-state index is 0.00954. The van der Waals surface area contributed by atoms with E-state index >= 15 is 0 Å². The van der Waals surface area contributed by atoms with Crippen LogP contribution in [0.3, 0.4) is 0 Å². The van der Waals surface area contributed by atoms with E-state index in [1.54, 1.807) is 11.8 Å². The molecule has 0 fully saturated rings. The molecule has 0 spiro atoms. The maximum atomic E-state index is 11.6. The Labute approximate surface area is 86.3 Å². The van der Waals surface area contributed by atoms with Crippen LogP contribution in [-0.4, -0.2) is 16.5 Å². The van der Waals surface area contributed by atoms with Gasteiger partial charge in [0.2, 0.25) is 0 Å². The Balaban J connectivity index is 2.47. The van der Waals surface area contributed by atoms with Crippen LogP contribution in [0.15, 0.2) is 4.79 Å².